The van der Waals surface area contributed by atoms with Crippen molar-refractivity contribution in [3.05, 3.63) is 12.2 Å². The second-order valence-electron chi connectivity index (χ2n) is 6.23. The minimum absolute atomic E-state index is 0.00555. The normalized spacial score (nSPS) is 36.1. The van der Waals surface area contributed by atoms with Crippen molar-refractivity contribution in [2.75, 3.05) is 6.61 Å². The lowest BCUT2D eigenvalue weighted by atomic mass is 9.89. The molecule has 3 atom stereocenters. The highest BCUT2D eigenvalue weighted by Gasteiger charge is 2.44. The zero-order chi connectivity index (χ0) is 14.0. The van der Waals surface area contributed by atoms with Gasteiger partial charge in [0.25, 0.3) is 0 Å². The van der Waals surface area contributed by atoms with Gasteiger partial charge in [-0.05, 0) is 19.3 Å². The summed E-state index contributed by atoms with van der Waals surface area (Å²) in [5, 5.41) is 0. The topological polar surface area (TPSA) is 44.8 Å². The smallest absolute Gasteiger partial charge is 0.302 e. The predicted molar refractivity (Wildman–Crippen MR) is 74.1 cm³/mol. The van der Waals surface area contributed by atoms with Gasteiger partial charge in [-0.2, -0.15) is 0 Å². The molecule has 1 saturated heterocycles. The number of esters is 1. The molecule has 0 aromatic heterocycles. The molecule has 0 bridgehead atoms. The Hall–Kier alpha value is -0.870. The molecule has 0 N–H and O–H groups in total. The molecule has 1 saturated carbocycles. The number of rotatable bonds is 2. The molecule has 112 valence electrons. The Labute approximate surface area is 120 Å². The van der Waals surface area contributed by atoms with Crippen LogP contribution in [-0.4, -0.2) is 30.6 Å². The standard InChI is InChI=1S/C16H24O4/c1-12(17)19-14-7-5-6-13(10-14)15-11-18-16(20-15)8-3-2-4-9-16/h5-6,13-15H,2-4,7-11H2,1H3/t13-,14+,15+/m0/s1. The highest BCUT2D eigenvalue weighted by atomic mass is 16.7. The lowest BCUT2D eigenvalue weighted by Crippen LogP contribution is -2.35. The van der Waals surface area contributed by atoms with E-state index in [2.05, 4.69) is 12.2 Å². The van der Waals surface area contributed by atoms with Gasteiger partial charge in [0.05, 0.1) is 12.7 Å². The van der Waals surface area contributed by atoms with E-state index in [9.17, 15) is 4.79 Å². The molecule has 0 unspecified atom stereocenters. The number of hydrogen-bond donors (Lipinski definition) is 0. The van der Waals surface area contributed by atoms with Crippen LogP contribution in [0.2, 0.25) is 0 Å². The van der Waals surface area contributed by atoms with Gasteiger partial charge >= 0.3 is 5.97 Å². The van der Waals surface area contributed by atoms with Crippen LogP contribution >= 0.6 is 0 Å². The Kier molecular flexibility index (Phi) is 4.13. The number of carbonyl (C=O) groups excluding carboxylic acids is 1. The molecule has 2 aliphatic carbocycles. The van der Waals surface area contributed by atoms with Crippen molar-refractivity contribution in [3.8, 4) is 0 Å². The second kappa shape index (κ2) is 5.86. The van der Waals surface area contributed by atoms with E-state index in [1.54, 1.807) is 0 Å². The van der Waals surface area contributed by atoms with Crippen molar-refractivity contribution in [2.24, 2.45) is 5.92 Å². The van der Waals surface area contributed by atoms with E-state index in [0.717, 1.165) is 25.7 Å². The molecule has 4 nitrogen and oxygen atoms in total. The molecule has 1 aliphatic heterocycles. The molecule has 1 spiro atoms. The third-order valence-electron chi connectivity index (χ3n) is 4.62. The minimum Gasteiger partial charge on any atom is -0.462 e. The average Bonchev–Trinajstić information content (AvgIpc) is 2.83. The number of carbonyl (C=O) groups is 1. The molecule has 0 aromatic rings. The van der Waals surface area contributed by atoms with Crippen LogP contribution in [0.4, 0.5) is 0 Å². The van der Waals surface area contributed by atoms with Gasteiger partial charge in [0, 0.05) is 32.1 Å². The average molecular weight is 280 g/mol. The van der Waals surface area contributed by atoms with Crippen LogP contribution in [0.15, 0.2) is 12.2 Å². The van der Waals surface area contributed by atoms with Gasteiger partial charge in [0.15, 0.2) is 5.79 Å². The Morgan fingerprint density at radius 1 is 1.30 bits per heavy atom. The largest absolute Gasteiger partial charge is 0.462 e. The van der Waals surface area contributed by atoms with Gasteiger partial charge in [0.1, 0.15) is 6.10 Å². The number of hydrogen-bond acceptors (Lipinski definition) is 4. The Morgan fingerprint density at radius 3 is 2.85 bits per heavy atom. The fourth-order valence-corrected chi connectivity index (χ4v) is 3.63. The summed E-state index contributed by atoms with van der Waals surface area (Å²) in [6, 6.07) is 0. The molecule has 1 heterocycles. The first-order valence-electron chi connectivity index (χ1n) is 7.82. The first-order valence-corrected chi connectivity index (χ1v) is 7.82. The molecule has 0 aromatic carbocycles. The van der Waals surface area contributed by atoms with Crippen LogP contribution in [-0.2, 0) is 19.0 Å². The second-order valence-corrected chi connectivity index (χ2v) is 6.23. The first-order chi connectivity index (χ1) is 9.67. The Morgan fingerprint density at radius 2 is 2.10 bits per heavy atom. The molecule has 2 fully saturated rings. The minimum atomic E-state index is -0.314. The lowest BCUT2D eigenvalue weighted by Gasteiger charge is -2.33. The fraction of sp³-hybridized carbons (Fsp3) is 0.812. The van der Waals surface area contributed by atoms with E-state index in [0.29, 0.717) is 12.5 Å². The molecule has 4 heteroatoms. The molecule has 20 heavy (non-hydrogen) atoms. The highest BCUT2D eigenvalue weighted by Crippen LogP contribution is 2.41. The van der Waals surface area contributed by atoms with Crippen molar-refractivity contribution in [2.45, 2.75) is 69.9 Å². The zero-order valence-corrected chi connectivity index (χ0v) is 12.2. The SMILES string of the molecule is CC(=O)O[C@@H]1CC=C[C@H]([C@H]2COC3(CCCCC3)O2)C1. The van der Waals surface area contributed by atoms with Gasteiger partial charge in [-0.3, -0.25) is 4.79 Å². The van der Waals surface area contributed by atoms with Crippen LogP contribution in [0.25, 0.3) is 0 Å². The Balaban J connectivity index is 1.58. The van der Waals surface area contributed by atoms with Crippen LogP contribution in [0.1, 0.15) is 51.9 Å². The summed E-state index contributed by atoms with van der Waals surface area (Å²) >= 11 is 0. The van der Waals surface area contributed by atoms with E-state index in [4.69, 9.17) is 14.2 Å². The van der Waals surface area contributed by atoms with E-state index in [-0.39, 0.29) is 24.0 Å². The summed E-state index contributed by atoms with van der Waals surface area (Å²) in [5.74, 6) is -0.212. The molecule has 3 rings (SSSR count). The first kappa shape index (κ1) is 14.1. The van der Waals surface area contributed by atoms with Gasteiger partial charge in [-0.1, -0.05) is 18.6 Å². The van der Waals surface area contributed by atoms with Gasteiger partial charge in [0.2, 0.25) is 0 Å². The molecular weight excluding hydrogens is 256 g/mol. The highest BCUT2D eigenvalue weighted by molar-refractivity contribution is 5.66. The monoisotopic (exact) mass is 280 g/mol. The lowest BCUT2D eigenvalue weighted by molar-refractivity contribution is -0.191. The van der Waals surface area contributed by atoms with Crippen molar-refractivity contribution in [3.63, 3.8) is 0 Å². The maximum absolute atomic E-state index is 11.1. The van der Waals surface area contributed by atoms with Crippen molar-refractivity contribution < 1.29 is 19.0 Å². The number of ether oxygens (including phenoxy) is 3. The van der Waals surface area contributed by atoms with Crippen molar-refractivity contribution in [1.29, 1.82) is 0 Å². The summed E-state index contributed by atoms with van der Waals surface area (Å²) in [6.45, 7) is 2.14. The summed E-state index contributed by atoms with van der Waals surface area (Å²) in [5.41, 5.74) is 0. The van der Waals surface area contributed by atoms with E-state index < -0.39 is 0 Å². The maximum Gasteiger partial charge on any atom is 0.302 e. The van der Waals surface area contributed by atoms with E-state index in [1.165, 1.54) is 26.2 Å². The fourth-order valence-electron chi connectivity index (χ4n) is 3.63. The van der Waals surface area contributed by atoms with Crippen LogP contribution in [0, 0.1) is 5.92 Å². The van der Waals surface area contributed by atoms with E-state index in [1.807, 2.05) is 0 Å². The predicted octanol–water partition coefficient (Wildman–Crippen LogP) is 2.96. The van der Waals surface area contributed by atoms with Crippen LogP contribution < -0.4 is 0 Å². The summed E-state index contributed by atoms with van der Waals surface area (Å²) < 4.78 is 17.6. The van der Waals surface area contributed by atoms with Crippen molar-refractivity contribution >= 4 is 5.97 Å². The van der Waals surface area contributed by atoms with Crippen molar-refractivity contribution in [1.82, 2.24) is 0 Å². The summed E-state index contributed by atoms with van der Waals surface area (Å²) in [4.78, 5) is 11.1. The van der Waals surface area contributed by atoms with Crippen LogP contribution in [0.3, 0.4) is 0 Å². The zero-order valence-electron chi connectivity index (χ0n) is 12.2. The molecule has 3 aliphatic rings. The molecular formula is C16H24O4. The third kappa shape index (κ3) is 3.07. The van der Waals surface area contributed by atoms with Gasteiger partial charge in [-0.15, -0.1) is 0 Å². The molecule has 0 amide bonds. The van der Waals surface area contributed by atoms with Gasteiger partial charge in [-0.25, -0.2) is 0 Å². The molecule has 0 radical (unpaired) electrons. The van der Waals surface area contributed by atoms with E-state index >= 15 is 0 Å². The van der Waals surface area contributed by atoms with Crippen LogP contribution in [0.5, 0.6) is 0 Å². The third-order valence-corrected chi connectivity index (χ3v) is 4.62. The summed E-state index contributed by atoms with van der Waals surface area (Å²) in [6.07, 6.45) is 11.8. The summed E-state index contributed by atoms with van der Waals surface area (Å²) in [7, 11) is 0. The van der Waals surface area contributed by atoms with Gasteiger partial charge < -0.3 is 14.2 Å². The Bertz CT molecular complexity index is 384. The maximum atomic E-state index is 11.1. The quantitative estimate of drug-likeness (QED) is 0.576.